The molecule has 0 saturated heterocycles. The highest BCUT2D eigenvalue weighted by atomic mass is 19.1. The highest BCUT2D eigenvalue weighted by molar-refractivity contribution is 5.96. The normalized spacial score (nSPS) is 10.1. The van der Waals surface area contributed by atoms with E-state index in [1.807, 2.05) is 0 Å². The van der Waals surface area contributed by atoms with E-state index in [-0.39, 0.29) is 18.1 Å². The summed E-state index contributed by atoms with van der Waals surface area (Å²) in [5, 5.41) is 5.36. The van der Waals surface area contributed by atoms with Crippen molar-refractivity contribution in [2.24, 2.45) is 5.73 Å². The van der Waals surface area contributed by atoms with Crippen molar-refractivity contribution in [3.63, 3.8) is 0 Å². The summed E-state index contributed by atoms with van der Waals surface area (Å²) in [5.41, 5.74) is 7.09. The van der Waals surface area contributed by atoms with Crippen LogP contribution in [-0.4, -0.2) is 18.4 Å². The van der Waals surface area contributed by atoms with Gasteiger partial charge in [-0.1, -0.05) is 6.07 Å². The average Bonchev–Trinajstić information content (AvgIpc) is 2.47. The van der Waals surface area contributed by atoms with Gasteiger partial charge in [0.25, 0.3) is 0 Å². The number of halogens is 1. The molecule has 22 heavy (non-hydrogen) atoms. The first-order valence-corrected chi connectivity index (χ1v) is 6.65. The number of hydrogen-bond acceptors (Lipinski definition) is 3. The Morgan fingerprint density at radius 1 is 1.14 bits per heavy atom. The van der Waals surface area contributed by atoms with E-state index in [9.17, 15) is 14.0 Å². The molecule has 5 nitrogen and oxygen atoms in total. The maximum absolute atomic E-state index is 13.6. The smallest absolute Gasteiger partial charge is 0.248 e. The fraction of sp³-hybridized carbons (Fsp3) is 0.125. The van der Waals surface area contributed by atoms with Crippen molar-refractivity contribution in [3.8, 4) is 0 Å². The Balaban J connectivity index is 1.91. The number of aryl methyl sites for hydroxylation is 1. The third-order valence-electron chi connectivity index (χ3n) is 3.02. The lowest BCUT2D eigenvalue weighted by molar-refractivity contribution is -0.114. The topological polar surface area (TPSA) is 84.2 Å². The van der Waals surface area contributed by atoms with Gasteiger partial charge in [0.2, 0.25) is 11.8 Å². The van der Waals surface area contributed by atoms with E-state index in [1.165, 1.54) is 18.2 Å². The molecule has 2 rings (SSSR count). The molecule has 2 aromatic carbocycles. The summed E-state index contributed by atoms with van der Waals surface area (Å²) in [5.74, 6) is -1.26. The van der Waals surface area contributed by atoms with E-state index in [2.05, 4.69) is 10.6 Å². The fourth-order valence-electron chi connectivity index (χ4n) is 1.86. The number of rotatable bonds is 5. The minimum Gasteiger partial charge on any atom is -0.374 e. The van der Waals surface area contributed by atoms with Crippen LogP contribution in [0, 0.1) is 12.7 Å². The van der Waals surface area contributed by atoms with Crippen LogP contribution in [-0.2, 0) is 4.79 Å². The van der Waals surface area contributed by atoms with Gasteiger partial charge in [0.1, 0.15) is 5.82 Å². The zero-order chi connectivity index (χ0) is 16.1. The van der Waals surface area contributed by atoms with Crippen LogP contribution in [0.25, 0.3) is 0 Å². The largest absolute Gasteiger partial charge is 0.374 e. The number of carbonyl (C=O) groups is 2. The summed E-state index contributed by atoms with van der Waals surface area (Å²) >= 11 is 0. The highest BCUT2D eigenvalue weighted by Crippen LogP contribution is 2.15. The lowest BCUT2D eigenvalue weighted by Crippen LogP contribution is -2.22. The molecule has 0 fully saturated rings. The van der Waals surface area contributed by atoms with Gasteiger partial charge >= 0.3 is 0 Å². The van der Waals surface area contributed by atoms with Crippen molar-refractivity contribution in [1.82, 2.24) is 0 Å². The molecule has 0 aromatic heterocycles. The van der Waals surface area contributed by atoms with Gasteiger partial charge in [-0.25, -0.2) is 4.39 Å². The van der Waals surface area contributed by atoms with E-state index in [0.717, 1.165) is 5.56 Å². The molecule has 0 saturated carbocycles. The first-order chi connectivity index (χ1) is 10.5. The van der Waals surface area contributed by atoms with Crippen LogP contribution in [0.3, 0.4) is 0 Å². The number of nitrogens with two attached hydrogens (primary N) is 1. The van der Waals surface area contributed by atoms with Gasteiger partial charge in [-0.3, -0.25) is 9.59 Å². The third-order valence-corrected chi connectivity index (χ3v) is 3.02. The first kappa shape index (κ1) is 15.5. The second kappa shape index (κ2) is 6.71. The summed E-state index contributed by atoms with van der Waals surface area (Å²) in [7, 11) is 0. The number of hydrogen-bond donors (Lipinski definition) is 3. The van der Waals surface area contributed by atoms with E-state index in [0.29, 0.717) is 11.3 Å². The molecular formula is C16H16FN3O2. The maximum Gasteiger partial charge on any atom is 0.248 e. The van der Waals surface area contributed by atoms with Crippen molar-refractivity contribution in [1.29, 1.82) is 0 Å². The number of nitrogens with one attached hydrogen (secondary N) is 2. The van der Waals surface area contributed by atoms with E-state index in [1.54, 1.807) is 31.2 Å². The van der Waals surface area contributed by atoms with E-state index in [4.69, 9.17) is 5.73 Å². The molecular weight excluding hydrogens is 285 g/mol. The fourth-order valence-corrected chi connectivity index (χ4v) is 1.86. The monoisotopic (exact) mass is 301 g/mol. The Kier molecular flexibility index (Phi) is 4.73. The van der Waals surface area contributed by atoms with Crippen molar-refractivity contribution < 1.29 is 14.0 Å². The van der Waals surface area contributed by atoms with Crippen molar-refractivity contribution in [2.45, 2.75) is 6.92 Å². The lowest BCUT2D eigenvalue weighted by Gasteiger charge is -2.09. The number of primary amides is 1. The van der Waals surface area contributed by atoms with Gasteiger partial charge in [0, 0.05) is 11.3 Å². The van der Waals surface area contributed by atoms with Gasteiger partial charge in [0.05, 0.1) is 12.2 Å². The zero-order valence-electron chi connectivity index (χ0n) is 12.0. The molecule has 0 heterocycles. The predicted octanol–water partition coefficient (Wildman–Crippen LogP) is 2.28. The molecule has 0 spiro atoms. The van der Waals surface area contributed by atoms with Crippen LogP contribution in [0.15, 0.2) is 42.5 Å². The second-order valence-electron chi connectivity index (χ2n) is 4.83. The quantitative estimate of drug-likeness (QED) is 0.792. The summed E-state index contributed by atoms with van der Waals surface area (Å²) in [6.45, 7) is 1.72. The SMILES string of the molecule is Cc1ccc(NCC(=O)Nc2ccc(C(N)=O)cc2)c(F)c1. The predicted molar refractivity (Wildman–Crippen MR) is 83.2 cm³/mol. The van der Waals surface area contributed by atoms with Crippen molar-refractivity contribution >= 4 is 23.2 Å². The van der Waals surface area contributed by atoms with Gasteiger partial charge in [-0.15, -0.1) is 0 Å². The molecule has 0 aliphatic heterocycles. The van der Waals surface area contributed by atoms with Crippen molar-refractivity contribution in [2.75, 3.05) is 17.2 Å². The number of benzene rings is 2. The molecule has 4 N–H and O–H groups in total. The molecule has 2 aromatic rings. The number of amides is 2. The molecule has 0 bridgehead atoms. The summed E-state index contributed by atoms with van der Waals surface area (Å²) in [4.78, 5) is 22.7. The van der Waals surface area contributed by atoms with Gasteiger partial charge in [-0.2, -0.15) is 0 Å². The molecule has 0 radical (unpaired) electrons. The van der Waals surface area contributed by atoms with Crippen LogP contribution < -0.4 is 16.4 Å². The van der Waals surface area contributed by atoms with Crippen LogP contribution in [0.1, 0.15) is 15.9 Å². The van der Waals surface area contributed by atoms with Crippen LogP contribution in [0.4, 0.5) is 15.8 Å². The summed E-state index contributed by atoms with van der Waals surface area (Å²) in [6, 6.07) is 10.9. The summed E-state index contributed by atoms with van der Waals surface area (Å²) < 4.78 is 13.6. The van der Waals surface area contributed by atoms with Crippen LogP contribution in [0.2, 0.25) is 0 Å². The Labute approximate surface area is 127 Å². The maximum atomic E-state index is 13.6. The van der Waals surface area contributed by atoms with Crippen LogP contribution in [0.5, 0.6) is 0 Å². The number of anilines is 2. The third kappa shape index (κ3) is 4.05. The number of carbonyl (C=O) groups excluding carboxylic acids is 2. The molecule has 0 unspecified atom stereocenters. The second-order valence-corrected chi connectivity index (χ2v) is 4.83. The van der Waals surface area contributed by atoms with E-state index < -0.39 is 11.7 Å². The Morgan fingerprint density at radius 3 is 2.41 bits per heavy atom. The Hall–Kier alpha value is -2.89. The molecule has 0 atom stereocenters. The van der Waals surface area contributed by atoms with E-state index >= 15 is 0 Å². The first-order valence-electron chi connectivity index (χ1n) is 6.65. The molecule has 6 heteroatoms. The van der Waals surface area contributed by atoms with Gasteiger partial charge in [-0.05, 0) is 48.9 Å². The Bertz CT molecular complexity index is 699. The molecule has 2 amide bonds. The molecule has 0 aliphatic carbocycles. The van der Waals surface area contributed by atoms with Gasteiger partial charge < -0.3 is 16.4 Å². The van der Waals surface area contributed by atoms with Gasteiger partial charge in [0.15, 0.2) is 0 Å². The lowest BCUT2D eigenvalue weighted by atomic mass is 10.2. The Morgan fingerprint density at radius 2 is 1.82 bits per heavy atom. The minimum absolute atomic E-state index is 0.0719. The average molecular weight is 301 g/mol. The summed E-state index contributed by atoms with van der Waals surface area (Å²) in [6.07, 6.45) is 0. The minimum atomic E-state index is -0.533. The molecule has 0 aliphatic rings. The van der Waals surface area contributed by atoms with Crippen LogP contribution >= 0.6 is 0 Å². The van der Waals surface area contributed by atoms with Crippen molar-refractivity contribution in [3.05, 3.63) is 59.4 Å². The standard InChI is InChI=1S/C16H16FN3O2/c1-10-2-7-14(13(17)8-10)19-9-15(21)20-12-5-3-11(4-6-12)16(18)22/h2-8,19H,9H2,1H3,(H2,18,22)(H,20,21). The molecule has 114 valence electrons. The zero-order valence-corrected chi connectivity index (χ0v) is 12.0. The highest BCUT2D eigenvalue weighted by Gasteiger charge is 2.06.